The van der Waals surface area contributed by atoms with Crippen molar-refractivity contribution in [3.05, 3.63) is 81.6 Å². The molecular formula is C22H20ClFN4O2S. The number of hydrogen-bond donors (Lipinski definition) is 2. The second kappa shape index (κ2) is 9.55. The first-order chi connectivity index (χ1) is 15.0. The molecular weight excluding hydrogens is 439 g/mol. The normalized spacial score (nSPS) is 16.3. The Labute approximate surface area is 188 Å². The van der Waals surface area contributed by atoms with Crippen molar-refractivity contribution >= 4 is 39.9 Å². The number of anilines is 1. The smallest absolute Gasteiger partial charge is 0.271 e. The molecule has 0 bridgehead atoms. The predicted molar refractivity (Wildman–Crippen MR) is 119 cm³/mol. The van der Waals surface area contributed by atoms with E-state index in [9.17, 15) is 14.0 Å². The molecule has 4 rings (SSSR count). The highest BCUT2D eigenvalue weighted by molar-refractivity contribution is 7.14. The summed E-state index contributed by atoms with van der Waals surface area (Å²) in [7, 11) is 0. The van der Waals surface area contributed by atoms with Gasteiger partial charge < -0.3 is 5.32 Å². The predicted octanol–water partition coefficient (Wildman–Crippen LogP) is 4.19. The van der Waals surface area contributed by atoms with Crippen molar-refractivity contribution in [1.82, 2.24) is 15.2 Å². The molecule has 2 N–H and O–H groups in total. The second-order valence-electron chi connectivity index (χ2n) is 7.30. The highest BCUT2D eigenvalue weighted by Gasteiger charge is 2.25. The van der Waals surface area contributed by atoms with Gasteiger partial charge in [0.2, 0.25) is 0 Å². The molecule has 9 heteroatoms. The van der Waals surface area contributed by atoms with Gasteiger partial charge in [0.25, 0.3) is 11.8 Å². The van der Waals surface area contributed by atoms with E-state index in [1.807, 2.05) is 18.2 Å². The monoisotopic (exact) mass is 458 g/mol. The molecule has 160 valence electrons. The Balaban J connectivity index is 1.30. The molecule has 1 aromatic heterocycles. The van der Waals surface area contributed by atoms with Gasteiger partial charge in [-0.25, -0.2) is 9.37 Å². The standard InChI is InChI=1S/C22H20ClFN4O2S/c23-17-10-15(6-7-18(17)24)20(29)27-22-26-19(13-31-22)21(30)25-16-8-9-28(12-16)11-14-4-2-1-3-5-14/h1-7,10,13,16H,8-9,11-12H2,(H,25,30)(H,26,27,29). The Morgan fingerprint density at radius 2 is 2.00 bits per heavy atom. The number of carbonyl (C=O) groups is 2. The zero-order valence-electron chi connectivity index (χ0n) is 16.5. The number of carbonyl (C=O) groups excluding carboxylic acids is 2. The molecule has 0 saturated carbocycles. The minimum Gasteiger partial charge on any atom is -0.347 e. The highest BCUT2D eigenvalue weighted by atomic mass is 35.5. The van der Waals surface area contributed by atoms with E-state index in [4.69, 9.17) is 11.6 Å². The summed E-state index contributed by atoms with van der Waals surface area (Å²) in [5, 5.41) is 7.37. The van der Waals surface area contributed by atoms with Crippen LogP contribution in [0.3, 0.4) is 0 Å². The molecule has 3 aromatic rings. The number of likely N-dealkylation sites (tertiary alicyclic amines) is 1. The van der Waals surface area contributed by atoms with Crippen LogP contribution >= 0.6 is 22.9 Å². The van der Waals surface area contributed by atoms with Crippen molar-refractivity contribution in [2.24, 2.45) is 0 Å². The quantitative estimate of drug-likeness (QED) is 0.580. The maximum Gasteiger partial charge on any atom is 0.271 e. The maximum absolute atomic E-state index is 13.3. The van der Waals surface area contributed by atoms with Crippen molar-refractivity contribution in [3.8, 4) is 0 Å². The highest BCUT2D eigenvalue weighted by Crippen LogP contribution is 2.20. The Morgan fingerprint density at radius 1 is 1.19 bits per heavy atom. The fraction of sp³-hybridized carbons (Fsp3) is 0.227. The van der Waals surface area contributed by atoms with E-state index in [-0.39, 0.29) is 33.4 Å². The second-order valence-corrected chi connectivity index (χ2v) is 8.57. The number of nitrogens with zero attached hydrogens (tertiary/aromatic N) is 2. The third kappa shape index (κ3) is 5.46. The summed E-state index contributed by atoms with van der Waals surface area (Å²) in [6.45, 7) is 2.55. The third-order valence-electron chi connectivity index (χ3n) is 5.00. The van der Waals surface area contributed by atoms with Gasteiger partial charge in [0, 0.05) is 36.6 Å². The molecule has 6 nitrogen and oxygen atoms in total. The molecule has 2 heterocycles. The maximum atomic E-state index is 13.3. The third-order valence-corrected chi connectivity index (χ3v) is 6.04. The minimum absolute atomic E-state index is 0.0531. The Morgan fingerprint density at radius 3 is 2.77 bits per heavy atom. The van der Waals surface area contributed by atoms with E-state index in [0.29, 0.717) is 0 Å². The number of aromatic nitrogens is 1. The molecule has 1 saturated heterocycles. The molecule has 0 spiro atoms. The summed E-state index contributed by atoms with van der Waals surface area (Å²) in [6, 6.07) is 14.0. The molecule has 1 atom stereocenters. The van der Waals surface area contributed by atoms with Crippen molar-refractivity contribution in [3.63, 3.8) is 0 Å². The summed E-state index contributed by atoms with van der Waals surface area (Å²) < 4.78 is 13.3. The lowest BCUT2D eigenvalue weighted by molar-refractivity contribution is 0.0932. The van der Waals surface area contributed by atoms with E-state index in [1.165, 1.54) is 17.7 Å². The number of thiazole rings is 1. The first-order valence-corrected chi connectivity index (χ1v) is 11.0. The number of halogens is 2. The zero-order valence-corrected chi connectivity index (χ0v) is 18.0. The van der Waals surface area contributed by atoms with Crippen molar-refractivity contribution in [2.75, 3.05) is 18.4 Å². The van der Waals surface area contributed by atoms with E-state index in [0.717, 1.165) is 43.5 Å². The van der Waals surface area contributed by atoms with Crippen LogP contribution in [0.5, 0.6) is 0 Å². The largest absolute Gasteiger partial charge is 0.347 e. The van der Waals surface area contributed by atoms with Gasteiger partial charge in [0.15, 0.2) is 5.13 Å². The van der Waals surface area contributed by atoms with Gasteiger partial charge in [-0.2, -0.15) is 0 Å². The van der Waals surface area contributed by atoms with Gasteiger partial charge in [-0.15, -0.1) is 11.3 Å². The summed E-state index contributed by atoms with van der Waals surface area (Å²) in [5.41, 5.74) is 1.70. The first-order valence-electron chi connectivity index (χ1n) is 9.77. The Bertz CT molecular complexity index is 1090. The number of amides is 2. The fourth-order valence-electron chi connectivity index (χ4n) is 3.44. The van der Waals surface area contributed by atoms with Gasteiger partial charge in [0.05, 0.1) is 5.02 Å². The average Bonchev–Trinajstić information content (AvgIpc) is 3.40. The lowest BCUT2D eigenvalue weighted by Gasteiger charge is -2.16. The van der Waals surface area contributed by atoms with Crippen molar-refractivity contribution in [2.45, 2.75) is 19.0 Å². The number of benzene rings is 2. The molecule has 1 aliphatic heterocycles. The molecule has 0 radical (unpaired) electrons. The minimum atomic E-state index is -0.597. The average molecular weight is 459 g/mol. The lowest BCUT2D eigenvalue weighted by atomic mass is 10.2. The van der Waals surface area contributed by atoms with Crippen LogP contribution in [0.4, 0.5) is 9.52 Å². The summed E-state index contributed by atoms with van der Waals surface area (Å²) >= 11 is 6.87. The van der Waals surface area contributed by atoms with E-state index < -0.39 is 11.7 Å². The molecule has 1 fully saturated rings. The first kappa shape index (κ1) is 21.4. The molecule has 0 aliphatic carbocycles. The van der Waals surface area contributed by atoms with Crippen LogP contribution < -0.4 is 10.6 Å². The number of rotatable bonds is 6. The van der Waals surface area contributed by atoms with Crippen LogP contribution in [-0.2, 0) is 6.54 Å². The van der Waals surface area contributed by atoms with E-state index in [1.54, 1.807) is 5.38 Å². The Hall–Kier alpha value is -2.81. The van der Waals surface area contributed by atoms with Crippen LogP contribution in [0.15, 0.2) is 53.9 Å². The van der Waals surface area contributed by atoms with Crippen molar-refractivity contribution < 1.29 is 14.0 Å². The molecule has 31 heavy (non-hydrogen) atoms. The summed E-state index contributed by atoms with van der Waals surface area (Å²) in [4.78, 5) is 31.4. The Kier molecular flexibility index (Phi) is 6.60. The summed E-state index contributed by atoms with van der Waals surface area (Å²) in [5.74, 6) is -1.34. The van der Waals surface area contributed by atoms with Crippen LogP contribution in [0.25, 0.3) is 0 Å². The van der Waals surface area contributed by atoms with E-state index >= 15 is 0 Å². The molecule has 2 amide bonds. The molecule has 1 aliphatic rings. The van der Waals surface area contributed by atoms with Crippen LogP contribution in [-0.4, -0.2) is 40.8 Å². The van der Waals surface area contributed by atoms with Gasteiger partial charge >= 0.3 is 0 Å². The lowest BCUT2D eigenvalue weighted by Crippen LogP contribution is -2.37. The van der Waals surface area contributed by atoms with Gasteiger partial charge in [0.1, 0.15) is 11.5 Å². The molecule has 2 aromatic carbocycles. The SMILES string of the molecule is O=C(Nc1nc(C(=O)NC2CCN(Cc3ccccc3)C2)cs1)c1ccc(F)c(Cl)c1. The van der Waals surface area contributed by atoms with Crippen LogP contribution in [0, 0.1) is 5.82 Å². The number of nitrogens with one attached hydrogen (secondary N) is 2. The van der Waals surface area contributed by atoms with E-state index in [2.05, 4.69) is 32.7 Å². The number of hydrogen-bond acceptors (Lipinski definition) is 5. The molecule has 1 unspecified atom stereocenters. The van der Waals surface area contributed by atoms with Crippen molar-refractivity contribution in [1.29, 1.82) is 0 Å². The van der Waals surface area contributed by atoms with Gasteiger partial charge in [-0.05, 0) is 30.2 Å². The van der Waals surface area contributed by atoms with Gasteiger partial charge in [-0.1, -0.05) is 41.9 Å². The van der Waals surface area contributed by atoms with Crippen LogP contribution in [0.2, 0.25) is 5.02 Å². The van der Waals surface area contributed by atoms with Crippen LogP contribution in [0.1, 0.15) is 32.8 Å². The topological polar surface area (TPSA) is 74.3 Å². The summed E-state index contributed by atoms with van der Waals surface area (Å²) in [6.07, 6.45) is 0.873. The fourth-order valence-corrected chi connectivity index (χ4v) is 4.30. The zero-order chi connectivity index (χ0) is 21.8. The van der Waals surface area contributed by atoms with Gasteiger partial charge in [-0.3, -0.25) is 19.8 Å².